The average Bonchev–Trinajstić information content (AvgIpc) is 2.42. The zero-order valence-electron chi connectivity index (χ0n) is 11.7. The van der Waals surface area contributed by atoms with Gasteiger partial charge in [0.15, 0.2) is 11.6 Å². The molecule has 0 aromatic heterocycles. The Hall–Kier alpha value is -2.47. The summed E-state index contributed by atoms with van der Waals surface area (Å²) in [5.41, 5.74) is 6.90. The maximum atomic E-state index is 14.0. The number of ether oxygens (including phenoxy) is 1. The highest BCUT2D eigenvalue weighted by Gasteiger charge is 2.13. The fourth-order valence-electron chi connectivity index (χ4n) is 1.81. The summed E-state index contributed by atoms with van der Waals surface area (Å²) in [6.45, 7) is 3.48. The summed E-state index contributed by atoms with van der Waals surface area (Å²) in [4.78, 5) is 10.2. The number of nitrogens with two attached hydrogens (primary N) is 1. The lowest BCUT2D eigenvalue weighted by atomic mass is 10.1. The first-order chi connectivity index (χ1) is 9.88. The summed E-state index contributed by atoms with van der Waals surface area (Å²) >= 11 is 0. The Bertz CT molecular complexity index is 687. The van der Waals surface area contributed by atoms with Crippen LogP contribution in [-0.2, 0) is 0 Å². The molecule has 2 aromatic rings. The molecular formula is C15H15FN2O3. The average molecular weight is 290 g/mol. The molecule has 0 unspecified atom stereocenters. The van der Waals surface area contributed by atoms with Crippen LogP contribution in [0.15, 0.2) is 36.4 Å². The molecule has 0 fully saturated rings. The van der Waals surface area contributed by atoms with Gasteiger partial charge in [-0.25, -0.2) is 4.39 Å². The van der Waals surface area contributed by atoms with Crippen molar-refractivity contribution in [2.75, 3.05) is 0 Å². The SMILES string of the molecule is Cc1ccc([N+](=O)[O-])cc1Oc1ccc([C@@H](C)N)cc1F. The Morgan fingerprint density at radius 1 is 1.24 bits per heavy atom. The molecule has 2 aromatic carbocycles. The molecule has 0 saturated carbocycles. The standard InChI is InChI=1S/C15H15FN2O3/c1-9-3-5-12(18(19)20)8-15(9)21-14-6-4-11(10(2)17)7-13(14)16/h3-8,10H,17H2,1-2H3/t10-/m1/s1. The predicted octanol–water partition coefficient (Wildman–Crippen LogP) is 3.85. The van der Waals surface area contributed by atoms with Gasteiger partial charge in [0.1, 0.15) is 5.75 Å². The highest BCUT2D eigenvalue weighted by Crippen LogP contribution is 2.31. The Kier molecular flexibility index (Phi) is 4.18. The molecule has 0 radical (unpaired) electrons. The minimum Gasteiger partial charge on any atom is -0.454 e. The molecule has 0 amide bonds. The zero-order valence-corrected chi connectivity index (χ0v) is 11.7. The summed E-state index contributed by atoms with van der Waals surface area (Å²) in [6.07, 6.45) is 0. The van der Waals surface area contributed by atoms with Crippen molar-refractivity contribution in [1.82, 2.24) is 0 Å². The number of hydrogen-bond acceptors (Lipinski definition) is 4. The fourth-order valence-corrected chi connectivity index (χ4v) is 1.81. The Labute approximate surface area is 121 Å². The van der Waals surface area contributed by atoms with E-state index in [4.69, 9.17) is 10.5 Å². The molecule has 0 bridgehead atoms. The van der Waals surface area contributed by atoms with E-state index in [1.165, 1.54) is 24.3 Å². The largest absolute Gasteiger partial charge is 0.454 e. The van der Waals surface area contributed by atoms with E-state index in [0.29, 0.717) is 11.1 Å². The number of nitro benzene ring substituents is 1. The van der Waals surface area contributed by atoms with Gasteiger partial charge < -0.3 is 10.5 Å². The Morgan fingerprint density at radius 3 is 2.52 bits per heavy atom. The summed E-state index contributed by atoms with van der Waals surface area (Å²) in [7, 11) is 0. The number of rotatable bonds is 4. The van der Waals surface area contributed by atoms with E-state index in [9.17, 15) is 14.5 Å². The second kappa shape index (κ2) is 5.88. The molecule has 0 saturated heterocycles. The molecule has 6 heteroatoms. The summed E-state index contributed by atoms with van der Waals surface area (Å²) in [6, 6.07) is 8.34. The van der Waals surface area contributed by atoms with E-state index in [2.05, 4.69) is 0 Å². The van der Waals surface area contributed by atoms with Gasteiger partial charge in [-0.2, -0.15) is 0 Å². The lowest BCUT2D eigenvalue weighted by molar-refractivity contribution is -0.384. The van der Waals surface area contributed by atoms with Gasteiger partial charge in [-0.15, -0.1) is 0 Å². The number of non-ortho nitro benzene ring substituents is 1. The third-order valence-electron chi connectivity index (χ3n) is 3.08. The highest BCUT2D eigenvalue weighted by molar-refractivity contribution is 5.46. The molecule has 0 spiro atoms. The van der Waals surface area contributed by atoms with Crippen molar-refractivity contribution >= 4 is 5.69 Å². The first kappa shape index (κ1) is 14.9. The number of nitrogens with zero attached hydrogens (tertiary/aromatic N) is 1. The van der Waals surface area contributed by atoms with E-state index in [1.807, 2.05) is 0 Å². The van der Waals surface area contributed by atoms with Gasteiger partial charge in [0.2, 0.25) is 0 Å². The van der Waals surface area contributed by atoms with E-state index in [1.54, 1.807) is 26.0 Å². The van der Waals surface area contributed by atoms with Crippen LogP contribution >= 0.6 is 0 Å². The van der Waals surface area contributed by atoms with Crippen molar-refractivity contribution in [2.24, 2.45) is 5.73 Å². The molecule has 2 N–H and O–H groups in total. The van der Waals surface area contributed by atoms with Gasteiger partial charge >= 0.3 is 0 Å². The number of halogens is 1. The molecule has 0 heterocycles. The number of benzene rings is 2. The highest BCUT2D eigenvalue weighted by atomic mass is 19.1. The first-order valence-electron chi connectivity index (χ1n) is 6.36. The molecule has 21 heavy (non-hydrogen) atoms. The zero-order chi connectivity index (χ0) is 15.6. The van der Waals surface area contributed by atoms with Crippen LogP contribution in [0.3, 0.4) is 0 Å². The summed E-state index contributed by atoms with van der Waals surface area (Å²) < 4.78 is 19.4. The minimum atomic E-state index is -0.560. The maximum absolute atomic E-state index is 14.0. The monoisotopic (exact) mass is 290 g/mol. The summed E-state index contributed by atoms with van der Waals surface area (Å²) in [5.74, 6) is -0.310. The van der Waals surface area contributed by atoms with Crippen LogP contribution in [0.2, 0.25) is 0 Å². The second-order valence-corrected chi connectivity index (χ2v) is 4.79. The molecule has 1 atom stereocenters. The van der Waals surface area contributed by atoms with Crippen LogP contribution in [0.4, 0.5) is 10.1 Å². The van der Waals surface area contributed by atoms with Gasteiger partial charge in [0.25, 0.3) is 5.69 Å². The van der Waals surface area contributed by atoms with Crippen LogP contribution in [-0.4, -0.2) is 4.92 Å². The molecule has 0 aliphatic heterocycles. The molecule has 110 valence electrons. The van der Waals surface area contributed by atoms with E-state index in [0.717, 1.165) is 0 Å². The lowest BCUT2D eigenvalue weighted by Gasteiger charge is -2.11. The Balaban J connectivity index is 2.34. The molecular weight excluding hydrogens is 275 g/mol. The lowest BCUT2D eigenvalue weighted by Crippen LogP contribution is -2.05. The smallest absolute Gasteiger partial charge is 0.273 e. The first-order valence-corrected chi connectivity index (χ1v) is 6.36. The number of nitro groups is 1. The summed E-state index contributed by atoms with van der Waals surface area (Å²) in [5, 5.41) is 10.8. The van der Waals surface area contributed by atoms with Crippen molar-refractivity contribution in [2.45, 2.75) is 19.9 Å². The van der Waals surface area contributed by atoms with Crippen LogP contribution in [0.1, 0.15) is 24.1 Å². The maximum Gasteiger partial charge on any atom is 0.273 e. The van der Waals surface area contributed by atoms with Crippen molar-refractivity contribution in [1.29, 1.82) is 0 Å². The van der Waals surface area contributed by atoms with Crippen LogP contribution in [0.5, 0.6) is 11.5 Å². The third kappa shape index (κ3) is 3.35. The topological polar surface area (TPSA) is 78.4 Å². The molecule has 0 aliphatic rings. The van der Waals surface area contributed by atoms with E-state index in [-0.39, 0.29) is 23.2 Å². The van der Waals surface area contributed by atoms with Crippen molar-refractivity contribution in [3.8, 4) is 11.5 Å². The quantitative estimate of drug-likeness (QED) is 0.685. The van der Waals surface area contributed by atoms with Crippen LogP contribution in [0, 0.1) is 22.9 Å². The fraction of sp³-hybridized carbons (Fsp3) is 0.200. The molecule has 2 rings (SSSR count). The van der Waals surface area contributed by atoms with Gasteiger partial charge in [0, 0.05) is 12.1 Å². The predicted molar refractivity (Wildman–Crippen MR) is 76.9 cm³/mol. The van der Waals surface area contributed by atoms with E-state index >= 15 is 0 Å². The van der Waals surface area contributed by atoms with Gasteiger partial charge in [-0.3, -0.25) is 10.1 Å². The van der Waals surface area contributed by atoms with E-state index < -0.39 is 10.7 Å². The second-order valence-electron chi connectivity index (χ2n) is 4.79. The number of hydrogen-bond donors (Lipinski definition) is 1. The van der Waals surface area contributed by atoms with Crippen LogP contribution < -0.4 is 10.5 Å². The van der Waals surface area contributed by atoms with Gasteiger partial charge in [-0.1, -0.05) is 6.07 Å². The third-order valence-corrected chi connectivity index (χ3v) is 3.08. The molecule has 5 nitrogen and oxygen atoms in total. The van der Waals surface area contributed by atoms with Gasteiger partial charge in [0.05, 0.1) is 11.0 Å². The van der Waals surface area contributed by atoms with Gasteiger partial charge in [-0.05, 0) is 43.2 Å². The molecule has 0 aliphatic carbocycles. The van der Waals surface area contributed by atoms with Crippen molar-refractivity contribution in [3.63, 3.8) is 0 Å². The van der Waals surface area contributed by atoms with Crippen LogP contribution in [0.25, 0.3) is 0 Å². The minimum absolute atomic E-state index is 0.00278. The number of aryl methyl sites for hydroxylation is 1. The normalized spacial score (nSPS) is 12.0. The van der Waals surface area contributed by atoms with Crippen molar-refractivity contribution < 1.29 is 14.1 Å². The van der Waals surface area contributed by atoms with Crippen molar-refractivity contribution in [3.05, 3.63) is 63.5 Å². The Morgan fingerprint density at radius 2 is 1.95 bits per heavy atom.